The third-order valence-corrected chi connectivity index (χ3v) is 5.83. The van der Waals surface area contributed by atoms with Gasteiger partial charge in [-0.3, -0.25) is 4.79 Å². The number of methoxy groups -OCH3 is 1. The first-order valence-corrected chi connectivity index (χ1v) is 9.34. The van der Waals surface area contributed by atoms with Gasteiger partial charge in [0.2, 0.25) is 0 Å². The van der Waals surface area contributed by atoms with Crippen molar-refractivity contribution < 1.29 is 17.9 Å². The minimum atomic E-state index is -3.91. The molecule has 132 valence electrons. The summed E-state index contributed by atoms with van der Waals surface area (Å²) in [5.41, 5.74) is 1.01. The Morgan fingerprint density at radius 2 is 1.88 bits per heavy atom. The standard InChI is InChI=1S/C19H16N2O4S/c1-3-19(22)17-12-21(18-9-4-13(11-20)10-16(17)18)26(23,24)15-7-5-14(25-2)6-8-15/h4-10,12H,3H2,1-2H3. The number of carbonyl (C=O) groups excluding carboxylic acids is 1. The maximum Gasteiger partial charge on any atom is 0.268 e. The molecule has 0 N–H and O–H groups in total. The van der Waals surface area contributed by atoms with Crippen molar-refractivity contribution >= 4 is 26.7 Å². The van der Waals surface area contributed by atoms with Gasteiger partial charge in [0.25, 0.3) is 10.0 Å². The zero-order chi connectivity index (χ0) is 18.9. The van der Waals surface area contributed by atoms with Gasteiger partial charge < -0.3 is 4.74 Å². The SMILES string of the molecule is CCC(=O)c1cn(S(=O)(=O)c2ccc(OC)cc2)c2ccc(C#N)cc12. The molecule has 0 aliphatic rings. The molecular weight excluding hydrogens is 352 g/mol. The van der Waals surface area contributed by atoms with Crippen molar-refractivity contribution in [3.05, 3.63) is 59.8 Å². The summed E-state index contributed by atoms with van der Waals surface area (Å²) in [5.74, 6) is 0.357. The fourth-order valence-corrected chi connectivity index (χ4v) is 4.11. The molecule has 0 saturated carbocycles. The van der Waals surface area contributed by atoms with Crippen molar-refractivity contribution in [2.24, 2.45) is 0 Å². The van der Waals surface area contributed by atoms with Gasteiger partial charge in [0.05, 0.1) is 29.2 Å². The molecule has 0 bridgehead atoms. The molecule has 3 rings (SSSR count). The number of hydrogen-bond acceptors (Lipinski definition) is 5. The van der Waals surface area contributed by atoms with Crippen LogP contribution in [0.2, 0.25) is 0 Å². The van der Waals surface area contributed by atoms with Crippen LogP contribution in [0, 0.1) is 11.3 Å². The summed E-state index contributed by atoms with van der Waals surface area (Å²) in [6, 6.07) is 12.6. The lowest BCUT2D eigenvalue weighted by molar-refractivity contribution is 0.0989. The Morgan fingerprint density at radius 3 is 2.46 bits per heavy atom. The second-order valence-electron chi connectivity index (χ2n) is 5.64. The first kappa shape index (κ1) is 17.7. The van der Waals surface area contributed by atoms with Gasteiger partial charge in [0.1, 0.15) is 5.75 Å². The number of aromatic nitrogens is 1. The van der Waals surface area contributed by atoms with Crippen LogP contribution in [-0.2, 0) is 10.0 Å². The molecule has 0 atom stereocenters. The van der Waals surface area contributed by atoms with Gasteiger partial charge in [0.15, 0.2) is 5.78 Å². The number of hydrogen-bond donors (Lipinski definition) is 0. The summed E-state index contributed by atoms with van der Waals surface area (Å²) in [7, 11) is -2.41. The average Bonchev–Trinajstić information content (AvgIpc) is 3.06. The molecule has 1 aromatic heterocycles. The highest BCUT2D eigenvalue weighted by molar-refractivity contribution is 7.90. The Bertz CT molecular complexity index is 1140. The van der Waals surface area contributed by atoms with E-state index in [2.05, 4.69) is 0 Å². The highest BCUT2D eigenvalue weighted by Gasteiger charge is 2.23. The molecule has 0 fully saturated rings. The number of ketones is 1. The van der Waals surface area contributed by atoms with Gasteiger partial charge in [-0.15, -0.1) is 0 Å². The van der Waals surface area contributed by atoms with Crippen LogP contribution in [0.3, 0.4) is 0 Å². The van der Waals surface area contributed by atoms with E-state index in [4.69, 9.17) is 10.00 Å². The number of rotatable bonds is 5. The minimum absolute atomic E-state index is 0.0788. The summed E-state index contributed by atoms with van der Waals surface area (Å²) in [5, 5.41) is 9.56. The number of carbonyl (C=O) groups is 1. The van der Waals surface area contributed by atoms with E-state index in [9.17, 15) is 13.2 Å². The van der Waals surface area contributed by atoms with Crippen LogP contribution < -0.4 is 4.74 Å². The van der Waals surface area contributed by atoms with E-state index >= 15 is 0 Å². The van der Waals surface area contributed by atoms with Crippen LogP contribution in [0.1, 0.15) is 29.3 Å². The molecule has 26 heavy (non-hydrogen) atoms. The number of fused-ring (bicyclic) bond motifs is 1. The van der Waals surface area contributed by atoms with E-state index in [1.54, 1.807) is 25.1 Å². The summed E-state index contributed by atoms with van der Waals surface area (Å²) >= 11 is 0. The molecule has 6 nitrogen and oxygen atoms in total. The number of Topliss-reactive ketones (excluding diaryl/α,β-unsaturated/α-hetero) is 1. The quantitative estimate of drug-likeness (QED) is 0.644. The van der Waals surface area contributed by atoms with Crippen molar-refractivity contribution in [1.82, 2.24) is 3.97 Å². The predicted molar refractivity (Wildman–Crippen MR) is 96.9 cm³/mol. The molecule has 0 spiro atoms. The predicted octanol–water partition coefficient (Wildman–Crippen LogP) is 3.35. The lowest BCUT2D eigenvalue weighted by Gasteiger charge is -2.08. The Morgan fingerprint density at radius 1 is 1.19 bits per heavy atom. The van der Waals surface area contributed by atoms with Gasteiger partial charge >= 0.3 is 0 Å². The first-order chi connectivity index (χ1) is 12.4. The van der Waals surface area contributed by atoms with E-state index in [0.717, 1.165) is 3.97 Å². The number of benzene rings is 2. The molecule has 0 unspecified atom stereocenters. The topological polar surface area (TPSA) is 89.2 Å². The molecule has 2 aromatic carbocycles. The minimum Gasteiger partial charge on any atom is -0.497 e. The third-order valence-electron chi connectivity index (χ3n) is 4.14. The summed E-state index contributed by atoms with van der Waals surface area (Å²) in [6.07, 6.45) is 1.57. The van der Waals surface area contributed by atoms with Crippen LogP contribution in [-0.4, -0.2) is 25.3 Å². The molecule has 0 saturated heterocycles. The summed E-state index contributed by atoms with van der Waals surface area (Å²) in [6.45, 7) is 1.71. The Labute approximate surface area is 151 Å². The Kier molecular flexibility index (Phi) is 4.53. The smallest absolute Gasteiger partial charge is 0.268 e. The van der Waals surface area contributed by atoms with Gasteiger partial charge in [-0.1, -0.05) is 6.92 Å². The normalized spacial score (nSPS) is 11.3. The maximum atomic E-state index is 13.1. The van der Waals surface area contributed by atoms with Crippen LogP contribution >= 0.6 is 0 Å². The van der Waals surface area contributed by atoms with Crippen LogP contribution in [0.5, 0.6) is 5.75 Å². The van der Waals surface area contributed by atoms with Crippen LogP contribution in [0.4, 0.5) is 0 Å². The summed E-state index contributed by atoms with van der Waals surface area (Å²) in [4.78, 5) is 12.4. The van der Waals surface area contributed by atoms with Crippen molar-refractivity contribution in [2.75, 3.05) is 7.11 Å². The summed E-state index contributed by atoms with van der Waals surface area (Å²) < 4.78 is 32.3. The number of nitrogens with zero attached hydrogens (tertiary/aromatic N) is 2. The van der Waals surface area contributed by atoms with Gasteiger partial charge in [-0.25, -0.2) is 12.4 Å². The van der Waals surface area contributed by atoms with Gasteiger partial charge in [-0.2, -0.15) is 5.26 Å². The zero-order valence-electron chi connectivity index (χ0n) is 14.3. The first-order valence-electron chi connectivity index (χ1n) is 7.90. The van der Waals surface area contributed by atoms with Crippen molar-refractivity contribution in [3.8, 4) is 11.8 Å². The van der Waals surface area contributed by atoms with Crippen molar-refractivity contribution in [1.29, 1.82) is 5.26 Å². The second kappa shape index (κ2) is 6.65. The Hall–Kier alpha value is -3.11. The molecule has 3 aromatic rings. The molecule has 0 aliphatic heterocycles. The maximum absolute atomic E-state index is 13.1. The highest BCUT2D eigenvalue weighted by atomic mass is 32.2. The molecular formula is C19H16N2O4S. The fourth-order valence-electron chi connectivity index (χ4n) is 2.74. The van der Waals surface area contributed by atoms with Gasteiger partial charge in [0, 0.05) is 23.6 Å². The molecule has 1 heterocycles. The lowest BCUT2D eigenvalue weighted by Crippen LogP contribution is -2.12. The molecule has 0 aliphatic carbocycles. The molecule has 0 radical (unpaired) electrons. The zero-order valence-corrected chi connectivity index (χ0v) is 15.1. The molecule has 0 amide bonds. The van der Waals surface area contributed by atoms with E-state index in [1.807, 2.05) is 6.07 Å². The Balaban J connectivity index is 2.26. The van der Waals surface area contributed by atoms with E-state index in [0.29, 0.717) is 22.2 Å². The van der Waals surface area contributed by atoms with Crippen LogP contribution in [0.25, 0.3) is 10.9 Å². The number of ether oxygens (including phenoxy) is 1. The van der Waals surface area contributed by atoms with Crippen molar-refractivity contribution in [3.63, 3.8) is 0 Å². The second-order valence-corrected chi connectivity index (χ2v) is 7.45. The van der Waals surface area contributed by atoms with Crippen molar-refractivity contribution in [2.45, 2.75) is 18.2 Å². The lowest BCUT2D eigenvalue weighted by atomic mass is 10.1. The van der Waals surface area contributed by atoms with Crippen LogP contribution in [0.15, 0.2) is 53.6 Å². The molecule has 7 heteroatoms. The van der Waals surface area contributed by atoms with E-state index in [-0.39, 0.29) is 22.7 Å². The van der Waals surface area contributed by atoms with E-state index < -0.39 is 10.0 Å². The monoisotopic (exact) mass is 368 g/mol. The fraction of sp³-hybridized carbons (Fsp3) is 0.158. The highest BCUT2D eigenvalue weighted by Crippen LogP contribution is 2.28. The average molecular weight is 368 g/mol. The largest absolute Gasteiger partial charge is 0.497 e. The number of nitriles is 1. The van der Waals surface area contributed by atoms with E-state index in [1.165, 1.54) is 37.6 Å². The van der Waals surface area contributed by atoms with Gasteiger partial charge in [-0.05, 0) is 42.5 Å². The third kappa shape index (κ3) is 2.85.